The minimum absolute atomic E-state index is 0.149. The summed E-state index contributed by atoms with van der Waals surface area (Å²) in [4.78, 5) is 41.8. The van der Waals surface area contributed by atoms with E-state index in [9.17, 15) is 14.4 Å². The number of halogens is 2. The van der Waals surface area contributed by atoms with E-state index in [0.717, 1.165) is 10.5 Å². The summed E-state index contributed by atoms with van der Waals surface area (Å²) < 4.78 is 0. The highest BCUT2D eigenvalue weighted by Crippen LogP contribution is 2.28. The highest BCUT2D eigenvalue weighted by Gasteiger charge is 2.46. The molecule has 0 radical (unpaired) electrons. The Kier molecular flexibility index (Phi) is 6.96. The van der Waals surface area contributed by atoms with Gasteiger partial charge in [-0.1, -0.05) is 53.5 Å². The molecular formula is C25H21Cl2N3O3. The molecule has 3 aromatic carbocycles. The fourth-order valence-electron chi connectivity index (χ4n) is 3.72. The van der Waals surface area contributed by atoms with Crippen molar-refractivity contribution in [1.29, 1.82) is 0 Å². The highest BCUT2D eigenvalue weighted by molar-refractivity contribution is 6.31. The molecule has 0 unspecified atom stereocenters. The topological polar surface area (TPSA) is 69.7 Å². The summed E-state index contributed by atoms with van der Waals surface area (Å²) in [7, 11) is 0. The van der Waals surface area contributed by atoms with E-state index in [1.165, 1.54) is 4.90 Å². The Morgan fingerprint density at radius 1 is 0.848 bits per heavy atom. The number of urea groups is 1. The van der Waals surface area contributed by atoms with E-state index >= 15 is 0 Å². The number of nitrogens with one attached hydrogen (secondary N) is 1. The van der Waals surface area contributed by atoms with E-state index in [1.54, 1.807) is 60.7 Å². The van der Waals surface area contributed by atoms with Gasteiger partial charge in [0.15, 0.2) is 0 Å². The maximum absolute atomic E-state index is 13.3. The van der Waals surface area contributed by atoms with E-state index < -0.39 is 18.0 Å². The Morgan fingerprint density at radius 3 is 2.09 bits per heavy atom. The number of imide groups is 1. The number of amides is 4. The first-order chi connectivity index (χ1) is 15.9. The van der Waals surface area contributed by atoms with E-state index in [0.29, 0.717) is 27.8 Å². The molecule has 1 heterocycles. The Hall–Kier alpha value is -3.35. The molecule has 1 fully saturated rings. The van der Waals surface area contributed by atoms with Crippen molar-refractivity contribution in [2.75, 3.05) is 16.8 Å². The summed E-state index contributed by atoms with van der Waals surface area (Å²) in [6, 6.07) is 21.4. The largest absolute Gasteiger partial charge is 0.332 e. The lowest BCUT2D eigenvalue weighted by Gasteiger charge is -2.21. The number of carbonyl (C=O) groups excluding carboxylic acids is 3. The van der Waals surface area contributed by atoms with Gasteiger partial charge in [0.25, 0.3) is 5.91 Å². The molecular weight excluding hydrogens is 461 g/mol. The molecule has 0 bridgehead atoms. The van der Waals surface area contributed by atoms with Crippen molar-refractivity contribution in [3.8, 4) is 0 Å². The molecule has 6 nitrogen and oxygen atoms in total. The second kappa shape index (κ2) is 10.1. The zero-order chi connectivity index (χ0) is 23.4. The third-order valence-electron chi connectivity index (χ3n) is 5.39. The van der Waals surface area contributed by atoms with Crippen molar-refractivity contribution in [3.05, 3.63) is 94.5 Å². The number of benzene rings is 3. The van der Waals surface area contributed by atoms with Crippen molar-refractivity contribution in [1.82, 2.24) is 4.90 Å². The summed E-state index contributed by atoms with van der Waals surface area (Å²) in [5.74, 6) is -0.788. The lowest BCUT2D eigenvalue weighted by atomic mass is 10.1. The molecule has 4 amide bonds. The number of carbonyl (C=O) groups is 3. The Balaban J connectivity index is 1.55. The molecule has 1 aliphatic rings. The van der Waals surface area contributed by atoms with Crippen LogP contribution in [0.3, 0.4) is 0 Å². The maximum Gasteiger partial charge on any atom is 0.332 e. The van der Waals surface area contributed by atoms with Crippen molar-refractivity contribution in [3.63, 3.8) is 0 Å². The number of nitrogens with zero attached hydrogens (tertiary/aromatic N) is 2. The second-order valence-corrected chi connectivity index (χ2v) is 8.51. The average Bonchev–Trinajstić information content (AvgIpc) is 3.03. The molecule has 1 aliphatic heterocycles. The van der Waals surface area contributed by atoms with Gasteiger partial charge in [-0.3, -0.25) is 9.59 Å². The number of para-hydroxylation sites is 1. The second-order valence-electron chi connectivity index (χ2n) is 7.64. The minimum Gasteiger partial charge on any atom is -0.326 e. The van der Waals surface area contributed by atoms with E-state index in [-0.39, 0.29) is 18.9 Å². The zero-order valence-corrected chi connectivity index (χ0v) is 19.1. The lowest BCUT2D eigenvalue weighted by molar-refractivity contribution is -0.124. The van der Waals surface area contributed by atoms with Crippen molar-refractivity contribution in [2.45, 2.75) is 18.9 Å². The minimum atomic E-state index is -0.913. The van der Waals surface area contributed by atoms with Gasteiger partial charge in [-0.05, 0) is 60.5 Å². The molecule has 0 aromatic heterocycles. The summed E-state index contributed by atoms with van der Waals surface area (Å²) in [5.41, 5.74) is 2.01. The van der Waals surface area contributed by atoms with Crippen LogP contribution in [-0.4, -0.2) is 35.3 Å². The van der Waals surface area contributed by atoms with Crippen molar-refractivity contribution < 1.29 is 14.4 Å². The first kappa shape index (κ1) is 22.8. The quantitative estimate of drug-likeness (QED) is 0.459. The van der Waals surface area contributed by atoms with Gasteiger partial charge in [0.05, 0.1) is 12.1 Å². The molecule has 0 aliphatic carbocycles. The third-order valence-corrected chi connectivity index (χ3v) is 5.90. The van der Waals surface area contributed by atoms with Gasteiger partial charge in [0, 0.05) is 22.3 Å². The van der Waals surface area contributed by atoms with Crippen LogP contribution in [0.5, 0.6) is 0 Å². The first-order valence-electron chi connectivity index (χ1n) is 10.4. The molecule has 1 atom stereocenters. The van der Waals surface area contributed by atoms with E-state index in [2.05, 4.69) is 5.32 Å². The summed E-state index contributed by atoms with van der Waals surface area (Å²) in [5, 5.41) is 3.90. The molecule has 4 rings (SSSR count). The Bertz CT molecular complexity index is 1150. The van der Waals surface area contributed by atoms with Crippen LogP contribution in [0.25, 0.3) is 0 Å². The van der Waals surface area contributed by atoms with Crippen LogP contribution >= 0.6 is 23.2 Å². The van der Waals surface area contributed by atoms with Gasteiger partial charge in [-0.25, -0.2) is 9.69 Å². The average molecular weight is 482 g/mol. The third kappa shape index (κ3) is 5.35. The number of hydrogen-bond donors (Lipinski definition) is 1. The Morgan fingerprint density at radius 2 is 1.45 bits per heavy atom. The predicted molar refractivity (Wildman–Crippen MR) is 130 cm³/mol. The van der Waals surface area contributed by atoms with Crippen LogP contribution in [0, 0.1) is 0 Å². The van der Waals surface area contributed by atoms with Gasteiger partial charge in [0.2, 0.25) is 5.91 Å². The van der Waals surface area contributed by atoms with Gasteiger partial charge in [-0.15, -0.1) is 0 Å². The molecule has 168 valence electrons. The van der Waals surface area contributed by atoms with Gasteiger partial charge in [0.1, 0.15) is 6.04 Å². The van der Waals surface area contributed by atoms with Crippen LogP contribution in [0.1, 0.15) is 12.0 Å². The molecule has 1 N–H and O–H groups in total. The van der Waals surface area contributed by atoms with E-state index in [4.69, 9.17) is 23.2 Å². The van der Waals surface area contributed by atoms with Gasteiger partial charge in [-0.2, -0.15) is 0 Å². The van der Waals surface area contributed by atoms with Crippen LogP contribution in [0.4, 0.5) is 16.2 Å². The van der Waals surface area contributed by atoms with E-state index in [1.807, 2.05) is 18.2 Å². The van der Waals surface area contributed by atoms with Crippen LogP contribution in [0.15, 0.2) is 78.9 Å². The number of anilines is 2. The predicted octanol–water partition coefficient (Wildman–Crippen LogP) is 5.40. The van der Waals surface area contributed by atoms with Crippen LogP contribution in [-0.2, 0) is 16.0 Å². The summed E-state index contributed by atoms with van der Waals surface area (Å²) in [6.45, 7) is 0.277. The van der Waals surface area contributed by atoms with Gasteiger partial charge >= 0.3 is 6.03 Å². The van der Waals surface area contributed by atoms with Crippen LogP contribution in [0.2, 0.25) is 10.0 Å². The SMILES string of the molecule is O=C(C[C@H]1C(=O)N(c2ccc(Cl)cc2)C(=O)N1CCc1ccc(Cl)cc1)Nc1ccccc1. The Labute approximate surface area is 201 Å². The molecule has 3 aromatic rings. The highest BCUT2D eigenvalue weighted by atomic mass is 35.5. The first-order valence-corrected chi connectivity index (χ1v) is 11.2. The van der Waals surface area contributed by atoms with Crippen LogP contribution < -0.4 is 10.2 Å². The molecule has 0 saturated carbocycles. The molecule has 1 saturated heterocycles. The standard InChI is InChI=1S/C25H21Cl2N3O3/c26-18-8-6-17(7-9-18)14-15-29-22(16-23(31)28-20-4-2-1-3-5-20)24(32)30(25(29)33)21-12-10-19(27)11-13-21/h1-13,22H,14-16H2,(H,28,31)/t22-/m0/s1. The molecule has 8 heteroatoms. The van der Waals surface area contributed by atoms with Gasteiger partial charge < -0.3 is 10.2 Å². The fraction of sp³-hybridized carbons (Fsp3) is 0.160. The molecule has 33 heavy (non-hydrogen) atoms. The molecule has 0 spiro atoms. The number of rotatable bonds is 7. The maximum atomic E-state index is 13.3. The number of hydrogen-bond acceptors (Lipinski definition) is 3. The summed E-state index contributed by atoms with van der Waals surface area (Å²) in [6.07, 6.45) is 0.367. The van der Waals surface area contributed by atoms with Crippen molar-refractivity contribution in [2.24, 2.45) is 0 Å². The van der Waals surface area contributed by atoms with Crippen molar-refractivity contribution >= 4 is 52.4 Å². The zero-order valence-electron chi connectivity index (χ0n) is 17.6. The lowest BCUT2D eigenvalue weighted by Crippen LogP contribution is -2.39. The summed E-state index contributed by atoms with van der Waals surface area (Å²) >= 11 is 11.9. The fourth-order valence-corrected chi connectivity index (χ4v) is 3.98. The normalized spacial score (nSPS) is 15.8. The smallest absolute Gasteiger partial charge is 0.326 e. The monoisotopic (exact) mass is 481 g/mol.